The van der Waals surface area contributed by atoms with Crippen molar-refractivity contribution in [3.05, 3.63) is 95.8 Å². The van der Waals surface area contributed by atoms with Crippen LogP contribution in [0.5, 0.6) is 0 Å². The second kappa shape index (κ2) is 8.99. The van der Waals surface area contributed by atoms with Gasteiger partial charge in [-0.25, -0.2) is 0 Å². The molecule has 0 fully saturated rings. The summed E-state index contributed by atoms with van der Waals surface area (Å²) in [5, 5.41) is 3.09. The van der Waals surface area contributed by atoms with Gasteiger partial charge >= 0.3 is 0 Å². The molecule has 0 saturated heterocycles. The molecule has 3 aromatic rings. The van der Waals surface area contributed by atoms with Gasteiger partial charge in [0.25, 0.3) is 0 Å². The molecular formula is C23H24N2O2. The van der Waals surface area contributed by atoms with E-state index in [2.05, 4.69) is 24.4 Å². The van der Waals surface area contributed by atoms with Crippen molar-refractivity contribution >= 4 is 11.7 Å². The fourth-order valence-electron chi connectivity index (χ4n) is 3.12. The smallest absolute Gasteiger partial charge is 0.240 e. The molecule has 1 atom stereocenters. The quantitative estimate of drug-likeness (QED) is 0.620. The van der Waals surface area contributed by atoms with Crippen LogP contribution in [0.3, 0.4) is 0 Å². The first-order valence-corrected chi connectivity index (χ1v) is 9.25. The average molecular weight is 360 g/mol. The molecule has 4 heteroatoms. The zero-order valence-electron chi connectivity index (χ0n) is 15.5. The molecule has 0 bridgehead atoms. The van der Waals surface area contributed by atoms with E-state index in [0.717, 1.165) is 12.8 Å². The molecule has 27 heavy (non-hydrogen) atoms. The van der Waals surface area contributed by atoms with E-state index >= 15 is 0 Å². The first kappa shape index (κ1) is 18.6. The third-order valence-electron chi connectivity index (χ3n) is 4.59. The minimum absolute atomic E-state index is 0.0729. The number of carbonyl (C=O) groups is 2. The lowest BCUT2D eigenvalue weighted by Gasteiger charge is -2.18. The molecule has 0 aliphatic rings. The Labute approximate surface area is 159 Å². The van der Waals surface area contributed by atoms with Crippen molar-refractivity contribution in [3.8, 4) is 0 Å². The zero-order chi connectivity index (χ0) is 19.1. The predicted octanol–water partition coefficient (Wildman–Crippen LogP) is 3.86. The number of ketones is 1. The predicted molar refractivity (Wildman–Crippen MR) is 107 cm³/mol. The Hall–Kier alpha value is -3.14. The van der Waals surface area contributed by atoms with Crippen molar-refractivity contribution in [3.63, 3.8) is 0 Å². The summed E-state index contributed by atoms with van der Waals surface area (Å²) in [6.07, 6.45) is 3.42. The number of nitrogens with one attached hydrogen (secondary N) is 1. The molecule has 3 rings (SSSR count). The van der Waals surface area contributed by atoms with E-state index in [1.807, 2.05) is 36.4 Å². The first-order chi connectivity index (χ1) is 13.2. The molecule has 0 saturated carbocycles. The Morgan fingerprint density at radius 2 is 1.59 bits per heavy atom. The summed E-state index contributed by atoms with van der Waals surface area (Å²) < 4.78 is 1.71. The first-order valence-electron chi connectivity index (χ1n) is 9.25. The summed E-state index contributed by atoms with van der Waals surface area (Å²) in [4.78, 5) is 25.2. The van der Waals surface area contributed by atoms with Gasteiger partial charge in [-0.05, 0) is 30.5 Å². The molecule has 4 nitrogen and oxygen atoms in total. The van der Waals surface area contributed by atoms with Crippen molar-refractivity contribution in [1.82, 2.24) is 9.88 Å². The highest BCUT2D eigenvalue weighted by atomic mass is 16.2. The van der Waals surface area contributed by atoms with Crippen molar-refractivity contribution in [2.75, 3.05) is 0 Å². The Morgan fingerprint density at radius 1 is 0.926 bits per heavy atom. The van der Waals surface area contributed by atoms with Gasteiger partial charge in [-0.3, -0.25) is 9.59 Å². The second-order valence-corrected chi connectivity index (χ2v) is 6.58. The van der Waals surface area contributed by atoms with Crippen molar-refractivity contribution < 1.29 is 9.59 Å². The number of hydrogen-bond donors (Lipinski definition) is 1. The van der Waals surface area contributed by atoms with Crippen LogP contribution in [0.15, 0.2) is 79.0 Å². The zero-order valence-corrected chi connectivity index (χ0v) is 15.5. The highest BCUT2D eigenvalue weighted by Crippen LogP contribution is 2.11. The van der Waals surface area contributed by atoms with Gasteiger partial charge < -0.3 is 9.88 Å². The second-order valence-electron chi connectivity index (χ2n) is 6.58. The van der Waals surface area contributed by atoms with Crippen LogP contribution in [-0.2, 0) is 17.8 Å². The number of rotatable bonds is 8. The van der Waals surface area contributed by atoms with Crippen LogP contribution in [0.25, 0.3) is 0 Å². The Morgan fingerprint density at radius 3 is 2.26 bits per heavy atom. The Kier molecular flexibility index (Phi) is 6.21. The summed E-state index contributed by atoms with van der Waals surface area (Å²) in [5.41, 5.74) is 2.34. The van der Waals surface area contributed by atoms with E-state index in [4.69, 9.17) is 0 Å². The van der Waals surface area contributed by atoms with E-state index in [1.54, 1.807) is 35.0 Å². The van der Waals surface area contributed by atoms with Gasteiger partial charge in [-0.1, -0.05) is 67.6 Å². The lowest BCUT2D eigenvalue weighted by molar-refractivity contribution is -0.122. The maximum absolute atomic E-state index is 12.7. The summed E-state index contributed by atoms with van der Waals surface area (Å²) >= 11 is 0. The van der Waals surface area contributed by atoms with E-state index in [-0.39, 0.29) is 24.3 Å². The van der Waals surface area contributed by atoms with Gasteiger partial charge in [0.05, 0.1) is 5.69 Å². The summed E-state index contributed by atoms with van der Waals surface area (Å²) in [7, 11) is 0. The minimum Gasteiger partial charge on any atom is -0.351 e. The Balaban J connectivity index is 1.64. The van der Waals surface area contributed by atoms with E-state index in [0.29, 0.717) is 11.3 Å². The Bertz CT molecular complexity index is 885. The summed E-state index contributed by atoms with van der Waals surface area (Å²) in [5.74, 6) is -0.166. The van der Waals surface area contributed by atoms with Crippen molar-refractivity contribution in [2.24, 2.45) is 0 Å². The molecule has 0 aliphatic heterocycles. The third kappa shape index (κ3) is 4.94. The van der Waals surface area contributed by atoms with Crippen LogP contribution < -0.4 is 5.32 Å². The number of nitrogens with zero attached hydrogens (tertiary/aromatic N) is 1. The number of benzene rings is 2. The van der Waals surface area contributed by atoms with Gasteiger partial charge in [-0.2, -0.15) is 0 Å². The topological polar surface area (TPSA) is 51.1 Å². The molecule has 1 aromatic heterocycles. The molecule has 2 aromatic carbocycles. The number of amides is 1. The van der Waals surface area contributed by atoms with E-state index in [1.165, 1.54) is 5.56 Å². The SMILES string of the molecule is CC[C@H](Cc1ccccc1)NC(=O)Cn1cccc1C(=O)c1ccccc1. The van der Waals surface area contributed by atoms with Crippen LogP contribution in [0.1, 0.15) is 35.0 Å². The summed E-state index contributed by atoms with van der Waals surface area (Å²) in [6.45, 7) is 2.19. The molecular weight excluding hydrogens is 336 g/mol. The molecule has 0 spiro atoms. The van der Waals surface area contributed by atoms with Crippen LogP contribution in [0.2, 0.25) is 0 Å². The lowest BCUT2D eigenvalue weighted by Crippen LogP contribution is -2.38. The maximum atomic E-state index is 12.7. The van der Waals surface area contributed by atoms with Crippen LogP contribution in [-0.4, -0.2) is 22.3 Å². The molecule has 0 aliphatic carbocycles. The van der Waals surface area contributed by atoms with E-state index < -0.39 is 0 Å². The van der Waals surface area contributed by atoms with E-state index in [9.17, 15) is 9.59 Å². The molecule has 1 heterocycles. The van der Waals surface area contributed by atoms with Gasteiger partial charge in [0.1, 0.15) is 6.54 Å². The van der Waals surface area contributed by atoms with Crippen LogP contribution in [0.4, 0.5) is 0 Å². The fourth-order valence-corrected chi connectivity index (χ4v) is 3.12. The number of carbonyl (C=O) groups excluding carboxylic acids is 2. The average Bonchev–Trinajstić information content (AvgIpc) is 3.16. The largest absolute Gasteiger partial charge is 0.351 e. The lowest BCUT2D eigenvalue weighted by atomic mass is 10.0. The normalized spacial score (nSPS) is 11.7. The van der Waals surface area contributed by atoms with Gasteiger partial charge in [0.2, 0.25) is 11.7 Å². The molecule has 0 unspecified atom stereocenters. The maximum Gasteiger partial charge on any atom is 0.240 e. The van der Waals surface area contributed by atoms with Crippen LogP contribution >= 0.6 is 0 Å². The van der Waals surface area contributed by atoms with Crippen molar-refractivity contribution in [1.29, 1.82) is 0 Å². The number of hydrogen-bond acceptors (Lipinski definition) is 2. The van der Waals surface area contributed by atoms with Crippen LogP contribution in [0, 0.1) is 0 Å². The van der Waals surface area contributed by atoms with Gasteiger partial charge in [0, 0.05) is 17.8 Å². The fraction of sp³-hybridized carbons (Fsp3) is 0.217. The molecule has 1 N–H and O–H groups in total. The monoisotopic (exact) mass is 360 g/mol. The third-order valence-corrected chi connectivity index (χ3v) is 4.59. The van der Waals surface area contributed by atoms with Gasteiger partial charge in [0.15, 0.2) is 0 Å². The highest BCUT2D eigenvalue weighted by Gasteiger charge is 2.16. The summed E-state index contributed by atoms with van der Waals surface area (Å²) in [6, 6.07) is 22.9. The minimum atomic E-state index is -0.0870. The van der Waals surface area contributed by atoms with Gasteiger partial charge in [-0.15, -0.1) is 0 Å². The molecule has 1 amide bonds. The highest BCUT2D eigenvalue weighted by molar-refractivity contribution is 6.08. The number of aromatic nitrogens is 1. The molecule has 138 valence electrons. The standard InChI is InChI=1S/C23H24N2O2/c1-2-20(16-18-10-5-3-6-11-18)24-22(26)17-25-15-9-14-21(25)23(27)19-12-7-4-8-13-19/h3-15,20H,2,16-17H2,1H3,(H,24,26)/t20-/m1/s1. The van der Waals surface area contributed by atoms with Crippen molar-refractivity contribution in [2.45, 2.75) is 32.4 Å². The molecule has 0 radical (unpaired) electrons.